The minimum atomic E-state index is 0.208. The van der Waals surface area contributed by atoms with Crippen LogP contribution in [0.4, 0.5) is 0 Å². The monoisotopic (exact) mass is 398 g/mol. The highest BCUT2D eigenvalue weighted by molar-refractivity contribution is 7.97. The first-order valence-corrected chi connectivity index (χ1v) is 10.5. The van der Waals surface area contributed by atoms with Crippen molar-refractivity contribution >= 4 is 24.1 Å². The Balaban J connectivity index is 1.69. The molecule has 4 rings (SSSR count). The standard InChI is InChI=1S/C20H26N6OS/c1-14(2)23-19(22-13-21)17-12-25-9-10-27-18-6-5-15(11-16(18)20(25)24-17)28-26-7-3-4-8-26/h5-6,11-14H,3-4,7-10H2,1-2H3,(H2,21,22,23). The number of nitrogens with one attached hydrogen (secondary N) is 2. The van der Waals surface area contributed by atoms with Crippen molar-refractivity contribution in [3.63, 3.8) is 0 Å². The fourth-order valence-corrected chi connectivity index (χ4v) is 4.52. The van der Waals surface area contributed by atoms with Crippen molar-refractivity contribution in [2.45, 2.75) is 44.2 Å². The third-order valence-corrected chi connectivity index (χ3v) is 5.81. The number of imidazole rings is 1. The number of hydrogen-bond acceptors (Lipinski definition) is 5. The molecule has 1 aromatic carbocycles. The topological polar surface area (TPSA) is 78.5 Å². The molecule has 0 atom stereocenters. The van der Waals surface area contributed by atoms with E-state index in [1.54, 1.807) is 0 Å². The number of hydrogen-bond donors (Lipinski definition) is 2. The molecule has 0 amide bonds. The number of fused-ring (bicyclic) bond motifs is 3. The summed E-state index contributed by atoms with van der Waals surface area (Å²) in [5, 5.41) is 10.6. The number of amidine groups is 1. The first-order valence-electron chi connectivity index (χ1n) is 9.75. The summed E-state index contributed by atoms with van der Waals surface area (Å²) in [6.45, 7) is 7.70. The highest BCUT2D eigenvalue weighted by Gasteiger charge is 2.22. The molecule has 3 heterocycles. The molecular weight excluding hydrogens is 372 g/mol. The predicted octanol–water partition coefficient (Wildman–Crippen LogP) is 3.40. The van der Waals surface area contributed by atoms with E-state index in [0.29, 0.717) is 12.4 Å². The Morgan fingerprint density at radius 3 is 2.89 bits per heavy atom. The second kappa shape index (κ2) is 8.36. The van der Waals surface area contributed by atoms with E-state index >= 15 is 0 Å². The lowest BCUT2D eigenvalue weighted by molar-refractivity contribution is 0.306. The van der Waals surface area contributed by atoms with Gasteiger partial charge in [-0.1, -0.05) is 0 Å². The lowest BCUT2D eigenvalue weighted by Crippen LogP contribution is -2.31. The van der Waals surface area contributed by atoms with E-state index in [1.807, 2.05) is 32.0 Å². The summed E-state index contributed by atoms with van der Waals surface area (Å²) >= 11 is 1.81. The molecule has 2 aliphatic rings. The van der Waals surface area contributed by atoms with E-state index in [-0.39, 0.29) is 6.04 Å². The molecule has 2 N–H and O–H groups in total. The fraction of sp³-hybridized carbons (Fsp3) is 0.450. The van der Waals surface area contributed by atoms with Gasteiger partial charge < -0.3 is 14.6 Å². The van der Waals surface area contributed by atoms with Crippen LogP contribution in [0.3, 0.4) is 0 Å². The summed E-state index contributed by atoms with van der Waals surface area (Å²) in [4.78, 5) is 10.2. The smallest absolute Gasteiger partial charge is 0.155 e. The van der Waals surface area contributed by atoms with Crippen LogP contribution in [0.25, 0.3) is 11.4 Å². The molecule has 7 nitrogen and oxygen atoms in total. The summed E-state index contributed by atoms with van der Waals surface area (Å²) in [5.41, 5.74) is 1.75. The van der Waals surface area contributed by atoms with Crippen LogP contribution in [0.1, 0.15) is 32.4 Å². The first-order chi connectivity index (χ1) is 13.6. The summed E-state index contributed by atoms with van der Waals surface area (Å²) in [6, 6.07) is 6.56. The maximum Gasteiger partial charge on any atom is 0.155 e. The normalized spacial score (nSPS) is 17.0. The number of nitrogens with zero attached hydrogens (tertiary/aromatic N) is 4. The summed E-state index contributed by atoms with van der Waals surface area (Å²) in [6.07, 6.45) is 5.59. The Hall–Kier alpha value is -2.32. The summed E-state index contributed by atoms with van der Waals surface area (Å²) in [7, 11) is 0. The van der Waals surface area contributed by atoms with E-state index < -0.39 is 0 Å². The van der Waals surface area contributed by atoms with Crippen LogP contribution in [0.5, 0.6) is 5.75 Å². The van der Waals surface area contributed by atoms with Crippen molar-refractivity contribution in [2.75, 3.05) is 19.7 Å². The quantitative estimate of drug-likeness (QED) is 0.458. The van der Waals surface area contributed by atoms with E-state index in [1.165, 1.54) is 17.7 Å². The summed E-state index contributed by atoms with van der Waals surface area (Å²) in [5.74, 6) is 2.37. The van der Waals surface area contributed by atoms with Crippen LogP contribution in [0.2, 0.25) is 0 Å². The molecule has 0 spiro atoms. The predicted molar refractivity (Wildman–Crippen MR) is 113 cm³/mol. The maximum absolute atomic E-state index is 7.36. The van der Waals surface area contributed by atoms with E-state index in [9.17, 15) is 0 Å². The highest BCUT2D eigenvalue weighted by Crippen LogP contribution is 2.37. The van der Waals surface area contributed by atoms with E-state index in [4.69, 9.17) is 15.1 Å². The second-order valence-corrected chi connectivity index (χ2v) is 8.45. The van der Waals surface area contributed by atoms with Crippen molar-refractivity contribution in [2.24, 2.45) is 4.99 Å². The average molecular weight is 399 g/mol. The third-order valence-electron chi connectivity index (χ3n) is 4.72. The van der Waals surface area contributed by atoms with E-state index in [2.05, 4.69) is 37.4 Å². The number of benzene rings is 1. The van der Waals surface area contributed by atoms with Gasteiger partial charge in [-0.2, -0.15) is 0 Å². The Bertz CT molecular complexity index is 885. The van der Waals surface area contributed by atoms with Gasteiger partial charge in [-0.05, 0) is 56.8 Å². The molecule has 0 saturated carbocycles. The highest BCUT2D eigenvalue weighted by atomic mass is 32.2. The molecule has 28 heavy (non-hydrogen) atoms. The number of rotatable bonds is 5. The Morgan fingerprint density at radius 1 is 1.32 bits per heavy atom. The van der Waals surface area contributed by atoms with Crippen LogP contribution < -0.4 is 10.1 Å². The van der Waals surface area contributed by atoms with Gasteiger partial charge in [0.05, 0.1) is 12.1 Å². The van der Waals surface area contributed by atoms with Crippen molar-refractivity contribution in [3.05, 3.63) is 30.1 Å². The fourth-order valence-electron chi connectivity index (χ4n) is 3.48. The zero-order chi connectivity index (χ0) is 19.5. The number of ether oxygens (including phenoxy) is 1. The van der Waals surface area contributed by atoms with Crippen molar-refractivity contribution in [1.82, 2.24) is 19.2 Å². The van der Waals surface area contributed by atoms with Gasteiger partial charge in [0.2, 0.25) is 0 Å². The van der Waals surface area contributed by atoms with Crippen LogP contribution in [-0.2, 0) is 6.54 Å². The molecule has 0 radical (unpaired) electrons. The third kappa shape index (κ3) is 4.07. The molecule has 1 aromatic heterocycles. The number of aromatic nitrogens is 2. The van der Waals surface area contributed by atoms with Crippen LogP contribution in [0, 0.1) is 5.41 Å². The van der Waals surface area contributed by atoms with Gasteiger partial charge in [0, 0.05) is 30.2 Å². The molecule has 1 fully saturated rings. The molecule has 0 unspecified atom stereocenters. The number of aliphatic imine (C=N–C) groups is 1. The lowest BCUT2D eigenvalue weighted by atomic mass is 10.2. The minimum Gasteiger partial charge on any atom is -0.491 e. The van der Waals surface area contributed by atoms with Gasteiger partial charge in [-0.15, -0.1) is 0 Å². The SMILES string of the molecule is CC(C)N/C(=N\C=N)c1cn2c(n1)-c1cc(SN3CCCC3)ccc1OCC2. The van der Waals surface area contributed by atoms with Gasteiger partial charge in [-0.3, -0.25) is 5.41 Å². The largest absolute Gasteiger partial charge is 0.491 e. The van der Waals surface area contributed by atoms with Crippen molar-refractivity contribution in [1.29, 1.82) is 5.41 Å². The second-order valence-electron chi connectivity index (χ2n) is 7.28. The minimum absolute atomic E-state index is 0.208. The van der Waals surface area contributed by atoms with Crippen LogP contribution in [-0.4, -0.2) is 51.8 Å². The first kappa shape index (κ1) is 19.0. The van der Waals surface area contributed by atoms with Crippen LogP contribution >= 0.6 is 11.9 Å². The van der Waals surface area contributed by atoms with Gasteiger partial charge in [-0.25, -0.2) is 14.3 Å². The van der Waals surface area contributed by atoms with Crippen molar-refractivity contribution < 1.29 is 4.74 Å². The molecular formula is C20H26N6OS. The molecule has 0 aliphatic carbocycles. The zero-order valence-electron chi connectivity index (χ0n) is 16.3. The Labute approximate surface area is 169 Å². The molecule has 0 bridgehead atoms. The van der Waals surface area contributed by atoms with E-state index in [0.717, 1.165) is 48.8 Å². The zero-order valence-corrected chi connectivity index (χ0v) is 17.1. The molecule has 8 heteroatoms. The maximum atomic E-state index is 7.36. The molecule has 2 aliphatic heterocycles. The summed E-state index contributed by atoms with van der Waals surface area (Å²) < 4.78 is 10.5. The molecule has 1 saturated heterocycles. The molecule has 2 aromatic rings. The Morgan fingerprint density at radius 2 is 2.14 bits per heavy atom. The van der Waals surface area contributed by atoms with Crippen LogP contribution in [0.15, 0.2) is 34.3 Å². The van der Waals surface area contributed by atoms with Gasteiger partial charge in [0.15, 0.2) is 5.84 Å². The van der Waals surface area contributed by atoms with Gasteiger partial charge >= 0.3 is 0 Å². The van der Waals surface area contributed by atoms with Gasteiger partial charge in [0.25, 0.3) is 0 Å². The average Bonchev–Trinajstić information content (AvgIpc) is 3.29. The Kier molecular flexibility index (Phi) is 5.68. The van der Waals surface area contributed by atoms with Gasteiger partial charge in [0.1, 0.15) is 30.2 Å². The molecule has 148 valence electrons. The van der Waals surface area contributed by atoms with Crippen molar-refractivity contribution in [3.8, 4) is 17.1 Å². The lowest BCUT2D eigenvalue weighted by Gasteiger charge is -2.14.